The Hall–Kier alpha value is -4.20. The van der Waals surface area contributed by atoms with Crippen molar-refractivity contribution in [1.82, 2.24) is 25.4 Å². The number of hydrogen-bond donors (Lipinski definition) is 2. The number of para-hydroxylation sites is 1. The number of ether oxygens (including phenoxy) is 1. The van der Waals surface area contributed by atoms with Crippen LogP contribution in [0.2, 0.25) is 0 Å². The second kappa shape index (κ2) is 9.95. The van der Waals surface area contributed by atoms with E-state index in [0.29, 0.717) is 18.0 Å². The summed E-state index contributed by atoms with van der Waals surface area (Å²) in [4.78, 5) is 12.5. The van der Waals surface area contributed by atoms with E-state index >= 15 is 0 Å². The SMILES string of the molecule is CCCOc1ccc(-c2cc(C(=O)N/N=C\c3c(C)nn(-c4ccccc4)c3C)[nH]n2)cc1. The standard InChI is InChI=1S/C25H26N6O2/c1-4-14-33-21-12-10-19(11-13-21)23-15-24(28-27-23)25(32)29-26-16-22-17(2)30-31(18(22)3)20-8-6-5-7-9-20/h5-13,15-16H,4,14H2,1-3H3,(H,27,28)(H,29,32)/b26-16-. The van der Waals surface area contributed by atoms with Gasteiger partial charge in [-0.25, -0.2) is 10.1 Å². The van der Waals surface area contributed by atoms with Crippen LogP contribution in [0.1, 0.15) is 40.8 Å². The fourth-order valence-corrected chi connectivity index (χ4v) is 3.41. The van der Waals surface area contributed by atoms with Gasteiger partial charge in [0, 0.05) is 11.1 Å². The molecule has 8 nitrogen and oxygen atoms in total. The third-order valence-electron chi connectivity index (χ3n) is 5.15. The number of hydrogen-bond acceptors (Lipinski definition) is 5. The number of rotatable bonds is 8. The summed E-state index contributed by atoms with van der Waals surface area (Å²) >= 11 is 0. The minimum atomic E-state index is -0.376. The summed E-state index contributed by atoms with van der Waals surface area (Å²) in [6.45, 7) is 6.62. The summed E-state index contributed by atoms with van der Waals surface area (Å²) in [6, 6.07) is 19.2. The summed E-state index contributed by atoms with van der Waals surface area (Å²) in [7, 11) is 0. The van der Waals surface area contributed by atoms with Crippen LogP contribution in [0.15, 0.2) is 65.8 Å². The van der Waals surface area contributed by atoms with Gasteiger partial charge in [0.15, 0.2) is 0 Å². The molecule has 0 radical (unpaired) electrons. The molecule has 0 spiro atoms. The molecule has 0 aliphatic carbocycles. The molecular formula is C25H26N6O2. The van der Waals surface area contributed by atoms with Crippen LogP contribution in [0.3, 0.4) is 0 Å². The van der Waals surface area contributed by atoms with Crippen LogP contribution < -0.4 is 10.2 Å². The fourth-order valence-electron chi connectivity index (χ4n) is 3.41. The van der Waals surface area contributed by atoms with Crippen LogP contribution >= 0.6 is 0 Å². The maximum atomic E-state index is 12.5. The van der Waals surface area contributed by atoms with Gasteiger partial charge >= 0.3 is 0 Å². The van der Waals surface area contributed by atoms with Gasteiger partial charge in [0.05, 0.1) is 35.6 Å². The molecule has 0 fully saturated rings. The number of benzene rings is 2. The van der Waals surface area contributed by atoms with Gasteiger partial charge in [-0.1, -0.05) is 25.1 Å². The smallest absolute Gasteiger partial charge is 0.289 e. The minimum Gasteiger partial charge on any atom is -0.494 e. The van der Waals surface area contributed by atoms with E-state index in [0.717, 1.165) is 40.4 Å². The molecular weight excluding hydrogens is 416 g/mol. The average Bonchev–Trinajstić information content (AvgIpc) is 3.44. The molecule has 0 bridgehead atoms. The number of H-pyrrole nitrogens is 1. The quantitative estimate of drug-likeness (QED) is 0.312. The number of hydrazone groups is 1. The van der Waals surface area contributed by atoms with Crippen LogP contribution in [0.5, 0.6) is 5.75 Å². The molecule has 0 aliphatic rings. The normalized spacial score (nSPS) is 11.1. The Morgan fingerprint density at radius 3 is 2.64 bits per heavy atom. The number of amides is 1. The highest BCUT2D eigenvalue weighted by Gasteiger charge is 2.13. The number of nitrogens with one attached hydrogen (secondary N) is 2. The molecule has 0 saturated carbocycles. The third-order valence-corrected chi connectivity index (χ3v) is 5.15. The summed E-state index contributed by atoms with van der Waals surface area (Å²) < 4.78 is 7.46. The maximum Gasteiger partial charge on any atom is 0.289 e. The van der Waals surface area contributed by atoms with E-state index in [1.807, 2.05) is 73.1 Å². The summed E-state index contributed by atoms with van der Waals surface area (Å²) in [5, 5.41) is 15.7. The second-order valence-corrected chi connectivity index (χ2v) is 7.57. The zero-order valence-electron chi connectivity index (χ0n) is 18.9. The zero-order valence-corrected chi connectivity index (χ0v) is 18.9. The topological polar surface area (TPSA) is 97.2 Å². The van der Waals surface area contributed by atoms with E-state index in [2.05, 4.69) is 32.7 Å². The van der Waals surface area contributed by atoms with Gasteiger partial charge in [-0.15, -0.1) is 0 Å². The lowest BCUT2D eigenvalue weighted by atomic mass is 10.1. The molecule has 0 saturated heterocycles. The number of aromatic amines is 1. The van der Waals surface area contributed by atoms with Crippen molar-refractivity contribution in [2.24, 2.45) is 5.10 Å². The Labute approximate surface area is 192 Å². The summed E-state index contributed by atoms with van der Waals surface area (Å²) in [5.41, 5.74) is 8.01. The lowest BCUT2D eigenvalue weighted by Crippen LogP contribution is -2.18. The van der Waals surface area contributed by atoms with E-state index in [1.165, 1.54) is 0 Å². The van der Waals surface area contributed by atoms with Gasteiger partial charge in [-0.2, -0.15) is 15.3 Å². The van der Waals surface area contributed by atoms with Crippen LogP contribution in [-0.4, -0.2) is 38.7 Å². The zero-order chi connectivity index (χ0) is 23.2. The van der Waals surface area contributed by atoms with Gasteiger partial charge in [0.2, 0.25) is 0 Å². The molecule has 2 N–H and O–H groups in total. The van der Waals surface area contributed by atoms with Gasteiger partial charge in [-0.05, 0) is 62.7 Å². The number of carbonyl (C=O) groups excluding carboxylic acids is 1. The Morgan fingerprint density at radius 1 is 1.15 bits per heavy atom. The molecule has 4 aromatic rings. The molecule has 2 heterocycles. The summed E-state index contributed by atoms with van der Waals surface area (Å²) in [5.74, 6) is 0.434. The first-order valence-corrected chi connectivity index (χ1v) is 10.8. The van der Waals surface area contributed by atoms with Gasteiger partial charge < -0.3 is 4.74 Å². The van der Waals surface area contributed by atoms with E-state index < -0.39 is 0 Å². The van der Waals surface area contributed by atoms with Crippen molar-refractivity contribution in [3.8, 4) is 22.7 Å². The average molecular weight is 443 g/mol. The van der Waals surface area contributed by atoms with Crippen LogP contribution in [0, 0.1) is 13.8 Å². The predicted octanol–water partition coefficient (Wildman–Crippen LogP) is 4.43. The molecule has 4 rings (SSSR count). The first-order valence-electron chi connectivity index (χ1n) is 10.8. The highest BCUT2D eigenvalue weighted by atomic mass is 16.5. The van der Waals surface area contributed by atoms with Crippen molar-refractivity contribution >= 4 is 12.1 Å². The first-order chi connectivity index (χ1) is 16.1. The highest BCUT2D eigenvalue weighted by Crippen LogP contribution is 2.21. The third kappa shape index (κ3) is 5.01. The number of aryl methyl sites for hydroxylation is 1. The van der Waals surface area contributed by atoms with E-state index in [1.54, 1.807) is 12.3 Å². The van der Waals surface area contributed by atoms with Crippen molar-refractivity contribution in [2.45, 2.75) is 27.2 Å². The van der Waals surface area contributed by atoms with Crippen LogP contribution in [0.25, 0.3) is 16.9 Å². The molecule has 0 aliphatic heterocycles. The number of aromatic nitrogens is 4. The number of carbonyl (C=O) groups is 1. The molecule has 8 heteroatoms. The lowest BCUT2D eigenvalue weighted by molar-refractivity contribution is 0.0950. The maximum absolute atomic E-state index is 12.5. The molecule has 1 amide bonds. The molecule has 0 unspecified atom stereocenters. The Kier molecular flexibility index (Phi) is 6.64. The van der Waals surface area contributed by atoms with Crippen LogP contribution in [0.4, 0.5) is 0 Å². The Morgan fingerprint density at radius 2 is 1.91 bits per heavy atom. The van der Waals surface area contributed by atoms with Crippen LogP contribution in [-0.2, 0) is 0 Å². The van der Waals surface area contributed by atoms with Crippen molar-refractivity contribution in [2.75, 3.05) is 6.61 Å². The molecule has 2 aromatic heterocycles. The first kappa shape index (κ1) is 22.0. The Balaban J connectivity index is 1.42. The fraction of sp³-hybridized carbons (Fsp3) is 0.200. The Bertz CT molecular complexity index is 1260. The van der Waals surface area contributed by atoms with Gasteiger partial charge in [-0.3, -0.25) is 9.89 Å². The van der Waals surface area contributed by atoms with E-state index in [-0.39, 0.29) is 5.91 Å². The predicted molar refractivity (Wildman–Crippen MR) is 128 cm³/mol. The van der Waals surface area contributed by atoms with Gasteiger partial charge in [0.1, 0.15) is 11.4 Å². The molecule has 0 atom stereocenters. The van der Waals surface area contributed by atoms with E-state index in [9.17, 15) is 4.79 Å². The number of nitrogens with zero attached hydrogens (tertiary/aromatic N) is 4. The van der Waals surface area contributed by atoms with Crippen molar-refractivity contribution < 1.29 is 9.53 Å². The van der Waals surface area contributed by atoms with Crippen molar-refractivity contribution in [3.63, 3.8) is 0 Å². The monoisotopic (exact) mass is 442 g/mol. The molecule has 2 aromatic carbocycles. The lowest BCUT2D eigenvalue weighted by Gasteiger charge is -2.04. The summed E-state index contributed by atoms with van der Waals surface area (Å²) in [6.07, 6.45) is 2.57. The molecule has 168 valence electrons. The van der Waals surface area contributed by atoms with Gasteiger partial charge in [0.25, 0.3) is 5.91 Å². The highest BCUT2D eigenvalue weighted by molar-refractivity contribution is 5.94. The van der Waals surface area contributed by atoms with Crippen molar-refractivity contribution in [1.29, 1.82) is 0 Å². The second-order valence-electron chi connectivity index (χ2n) is 7.57. The molecule has 33 heavy (non-hydrogen) atoms. The largest absolute Gasteiger partial charge is 0.494 e. The van der Waals surface area contributed by atoms with E-state index in [4.69, 9.17) is 4.74 Å². The minimum absolute atomic E-state index is 0.321. The van der Waals surface area contributed by atoms with Crippen molar-refractivity contribution in [3.05, 3.63) is 83.3 Å².